The summed E-state index contributed by atoms with van der Waals surface area (Å²) in [6.45, 7) is 1.89. The number of nitrogens with zero attached hydrogens (tertiary/aromatic N) is 5. The van der Waals surface area contributed by atoms with Crippen molar-refractivity contribution in [2.24, 2.45) is 0 Å². The van der Waals surface area contributed by atoms with Gasteiger partial charge >= 0.3 is 0 Å². The highest BCUT2D eigenvalue weighted by atomic mass is 19.1. The van der Waals surface area contributed by atoms with Gasteiger partial charge in [-0.2, -0.15) is 15.3 Å². The van der Waals surface area contributed by atoms with E-state index in [9.17, 15) is 9.18 Å². The van der Waals surface area contributed by atoms with E-state index in [4.69, 9.17) is 9.78 Å². The number of hydrogen-bond acceptors (Lipinski definition) is 6. The van der Waals surface area contributed by atoms with Gasteiger partial charge in [-0.05, 0) is 43.5 Å². The minimum Gasteiger partial charge on any atom is -0.342 e. The molecule has 9 heteroatoms. The number of aryl methyl sites for hydroxylation is 1. The summed E-state index contributed by atoms with van der Waals surface area (Å²) in [5, 5.41) is 19.8. The summed E-state index contributed by atoms with van der Waals surface area (Å²) in [6, 6.07) is 10.9. The number of fused-ring (bicyclic) bond motifs is 1. The molecule has 8 nitrogen and oxygen atoms in total. The van der Waals surface area contributed by atoms with Gasteiger partial charge in [0.25, 0.3) is 5.91 Å². The molecule has 0 spiro atoms. The normalized spacial score (nSPS) is 12.7. The Morgan fingerprint density at radius 1 is 1.33 bits per heavy atom. The van der Waals surface area contributed by atoms with E-state index in [0.29, 0.717) is 28.2 Å². The van der Waals surface area contributed by atoms with Gasteiger partial charge < -0.3 is 9.84 Å². The van der Waals surface area contributed by atoms with Gasteiger partial charge in [0.05, 0.1) is 22.8 Å². The number of carbonyl (C=O) groups excluding carboxylic acids is 1. The number of pyridine rings is 1. The maximum absolute atomic E-state index is 12.7. The number of nitrogens with one attached hydrogen (secondary N) is 1. The molecule has 0 saturated heterocycles. The molecule has 1 fully saturated rings. The van der Waals surface area contributed by atoms with E-state index in [1.54, 1.807) is 24.4 Å². The smallest absolute Gasteiger partial charge is 0.259 e. The summed E-state index contributed by atoms with van der Waals surface area (Å²) in [5.74, 6) is 0.151. The molecule has 0 radical (unpaired) electrons. The number of nitriles is 1. The van der Waals surface area contributed by atoms with Crippen molar-refractivity contribution in [3.8, 4) is 17.5 Å². The lowest BCUT2D eigenvalue weighted by Gasteiger charge is -2.09. The van der Waals surface area contributed by atoms with E-state index in [0.717, 1.165) is 24.0 Å². The van der Waals surface area contributed by atoms with E-state index >= 15 is 0 Å². The Labute approximate surface area is 170 Å². The van der Waals surface area contributed by atoms with Gasteiger partial charge in [0, 0.05) is 17.4 Å². The van der Waals surface area contributed by atoms with Crippen LogP contribution in [0.4, 0.5) is 10.1 Å². The number of benzene rings is 1. The zero-order valence-corrected chi connectivity index (χ0v) is 16.0. The third-order valence-corrected chi connectivity index (χ3v) is 4.50. The van der Waals surface area contributed by atoms with E-state index in [1.165, 1.54) is 17.1 Å². The Bertz CT molecular complexity index is 1240. The van der Waals surface area contributed by atoms with Gasteiger partial charge in [-0.3, -0.25) is 4.79 Å². The van der Waals surface area contributed by atoms with E-state index in [2.05, 4.69) is 20.6 Å². The van der Waals surface area contributed by atoms with Crippen LogP contribution in [0, 0.1) is 18.3 Å². The highest BCUT2D eigenvalue weighted by Crippen LogP contribution is 2.24. The molecule has 1 amide bonds. The molecule has 0 bridgehead atoms. The first-order valence-corrected chi connectivity index (χ1v) is 9.25. The second-order valence-corrected chi connectivity index (χ2v) is 6.83. The van der Waals surface area contributed by atoms with Crippen LogP contribution in [-0.2, 0) is 0 Å². The molecule has 5 rings (SSSR count). The van der Waals surface area contributed by atoms with Crippen LogP contribution in [0.5, 0.6) is 0 Å². The minimum atomic E-state index is -0.417. The zero-order chi connectivity index (χ0) is 21.1. The molecule has 1 aliphatic rings. The Morgan fingerprint density at radius 3 is 2.80 bits per heavy atom. The molecule has 1 aromatic carbocycles. The fourth-order valence-corrected chi connectivity index (χ4v) is 2.67. The monoisotopic (exact) mass is 404 g/mol. The second-order valence-electron chi connectivity index (χ2n) is 6.83. The summed E-state index contributed by atoms with van der Waals surface area (Å²) in [4.78, 5) is 16.7. The molecule has 0 aliphatic heterocycles. The number of amides is 1. The maximum atomic E-state index is 12.7. The molecule has 1 aliphatic carbocycles. The fourth-order valence-electron chi connectivity index (χ4n) is 2.67. The van der Waals surface area contributed by atoms with Crippen LogP contribution in [-0.4, -0.2) is 31.8 Å². The number of alkyl halides is 1. The zero-order valence-electron chi connectivity index (χ0n) is 16.0. The molecule has 150 valence electrons. The third-order valence-electron chi connectivity index (χ3n) is 4.50. The molecule has 3 aromatic heterocycles. The molecule has 1 N–H and O–H groups in total. The second kappa shape index (κ2) is 8.13. The minimum absolute atomic E-state index is 0.293. The molecular formula is C21H17FN6O2. The van der Waals surface area contributed by atoms with Crippen molar-refractivity contribution >= 4 is 17.1 Å². The van der Waals surface area contributed by atoms with E-state index < -0.39 is 6.17 Å². The molecule has 1 saturated carbocycles. The van der Waals surface area contributed by atoms with Gasteiger partial charge in [0.2, 0.25) is 12.2 Å². The molecular weight excluding hydrogens is 387 g/mol. The number of anilines is 1. The first-order valence-electron chi connectivity index (χ1n) is 9.25. The van der Waals surface area contributed by atoms with E-state index in [-0.39, 0.29) is 5.91 Å². The van der Waals surface area contributed by atoms with Crippen molar-refractivity contribution in [1.82, 2.24) is 19.8 Å². The van der Waals surface area contributed by atoms with Crippen molar-refractivity contribution in [3.63, 3.8) is 0 Å². The quantitative estimate of drug-likeness (QED) is 0.554. The molecule has 0 atom stereocenters. The molecule has 4 aromatic rings. The van der Waals surface area contributed by atoms with E-state index in [1.807, 2.05) is 25.1 Å². The van der Waals surface area contributed by atoms with Gasteiger partial charge in [0.1, 0.15) is 12.2 Å². The average Bonchev–Trinajstić information content (AvgIpc) is 3.22. The molecule has 30 heavy (non-hydrogen) atoms. The van der Waals surface area contributed by atoms with Crippen molar-refractivity contribution in [1.29, 1.82) is 5.26 Å². The van der Waals surface area contributed by atoms with Crippen LogP contribution >= 0.6 is 0 Å². The SMILES string of the molecule is Cc1ccc(-c2ncon2)cc1NC(=O)c1cnn2cc(C#N)ccc12.FC1CC1. The number of carbonyl (C=O) groups is 1. The number of rotatable bonds is 3. The summed E-state index contributed by atoms with van der Waals surface area (Å²) in [6.07, 6.45) is 5.53. The lowest BCUT2D eigenvalue weighted by Crippen LogP contribution is -2.12. The Morgan fingerprint density at radius 2 is 2.13 bits per heavy atom. The maximum Gasteiger partial charge on any atom is 0.259 e. The summed E-state index contributed by atoms with van der Waals surface area (Å²) in [5.41, 5.74) is 3.78. The van der Waals surface area contributed by atoms with Gasteiger partial charge in [-0.1, -0.05) is 17.3 Å². The molecule has 3 heterocycles. The topological polar surface area (TPSA) is 109 Å². The van der Waals surface area contributed by atoms with Crippen LogP contribution in [0.2, 0.25) is 0 Å². The number of aromatic nitrogens is 4. The van der Waals surface area contributed by atoms with Crippen molar-refractivity contribution in [2.45, 2.75) is 25.9 Å². The highest BCUT2D eigenvalue weighted by molar-refractivity contribution is 6.09. The van der Waals surface area contributed by atoms with Crippen molar-refractivity contribution < 1.29 is 13.7 Å². The predicted molar refractivity (Wildman–Crippen MR) is 106 cm³/mol. The number of halogens is 1. The van der Waals surface area contributed by atoms with Gasteiger partial charge in [-0.25, -0.2) is 8.91 Å². The Hall–Kier alpha value is -4.06. The third kappa shape index (κ3) is 4.17. The first-order chi connectivity index (χ1) is 14.5. The van der Waals surface area contributed by atoms with Crippen LogP contribution in [0.15, 0.2) is 53.6 Å². The lowest BCUT2D eigenvalue weighted by molar-refractivity contribution is 0.102. The van der Waals surface area contributed by atoms with Crippen molar-refractivity contribution in [3.05, 3.63) is 65.8 Å². The van der Waals surface area contributed by atoms with Crippen LogP contribution in [0.1, 0.15) is 34.3 Å². The van der Waals surface area contributed by atoms with Gasteiger partial charge in [0.15, 0.2) is 0 Å². The van der Waals surface area contributed by atoms with Gasteiger partial charge in [-0.15, -0.1) is 0 Å². The summed E-state index contributed by atoms with van der Waals surface area (Å²) in [7, 11) is 0. The summed E-state index contributed by atoms with van der Waals surface area (Å²) >= 11 is 0. The van der Waals surface area contributed by atoms with Crippen LogP contribution in [0.3, 0.4) is 0 Å². The number of hydrogen-bond donors (Lipinski definition) is 1. The Balaban J connectivity index is 0.000000489. The highest BCUT2D eigenvalue weighted by Gasteiger charge is 2.18. The van der Waals surface area contributed by atoms with Crippen LogP contribution in [0.25, 0.3) is 16.9 Å². The predicted octanol–water partition coefficient (Wildman–Crippen LogP) is 3.94. The average molecular weight is 404 g/mol. The summed E-state index contributed by atoms with van der Waals surface area (Å²) < 4.78 is 17.4. The first kappa shape index (κ1) is 19.3. The van der Waals surface area contributed by atoms with Crippen LogP contribution < -0.4 is 5.32 Å². The lowest BCUT2D eigenvalue weighted by atomic mass is 10.1. The fraction of sp³-hybridized carbons (Fsp3) is 0.190. The standard InChI is InChI=1S/C18H12N6O2.C3H5F/c1-11-2-4-13(17-20-10-26-23-17)6-15(11)22-18(25)14-8-21-24-9-12(7-19)3-5-16(14)24;4-3-1-2-3/h2-6,8-10H,1H3,(H,22,25);3H,1-2H2. The molecule has 0 unspecified atom stereocenters. The largest absolute Gasteiger partial charge is 0.342 e. The van der Waals surface area contributed by atoms with Crippen molar-refractivity contribution in [2.75, 3.05) is 5.32 Å². The Kier molecular flexibility index (Phi) is 5.22.